The Morgan fingerprint density at radius 3 is 2.45 bits per heavy atom. The number of alkyl halides is 3. The fourth-order valence-electron chi connectivity index (χ4n) is 1.73. The van der Waals surface area contributed by atoms with Crippen molar-refractivity contribution in [2.24, 2.45) is 0 Å². The number of hydrogen-bond donors (Lipinski definition) is 0. The van der Waals surface area contributed by atoms with Gasteiger partial charge in [-0.1, -0.05) is 50.2 Å². The predicted molar refractivity (Wildman–Crippen MR) is 74.4 cm³/mol. The van der Waals surface area contributed by atoms with E-state index in [9.17, 15) is 21.6 Å². The highest BCUT2D eigenvalue weighted by atomic mass is 32.2. The molecule has 0 bridgehead atoms. The molecule has 1 heterocycles. The van der Waals surface area contributed by atoms with Crippen molar-refractivity contribution in [1.82, 2.24) is 15.0 Å². The van der Waals surface area contributed by atoms with Crippen LogP contribution < -0.4 is 0 Å². The summed E-state index contributed by atoms with van der Waals surface area (Å²) in [6.45, 7) is 2.12. The Hall–Kier alpha value is -1.56. The summed E-state index contributed by atoms with van der Waals surface area (Å²) in [5, 5.41) is 5.39. The van der Waals surface area contributed by atoms with Gasteiger partial charge in [-0.25, -0.2) is 8.42 Å². The average molecular weight is 337 g/mol. The van der Waals surface area contributed by atoms with Crippen LogP contribution >= 0.6 is 0 Å². The van der Waals surface area contributed by atoms with Gasteiger partial charge in [-0.3, -0.25) is 0 Å². The monoisotopic (exact) mass is 337 g/mol. The summed E-state index contributed by atoms with van der Waals surface area (Å²) in [6.07, 6.45) is 7.39. The first-order valence-corrected chi connectivity index (χ1v) is 8.50. The van der Waals surface area contributed by atoms with Crippen LogP contribution in [0, 0.1) is 12.0 Å². The standard InChI is InChI=1S/C13H18F3N3O2S/c1-2-3-4-5-6-7-8-9-10-19-12(11-17-18-19)22(20,21)13(14,15)16/h11H,2-8H2,1H3. The molecule has 0 aromatic carbocycles. The van der Waals surface area contributed by atoms with Gasteiger partial charge in [-0.2, -0.15) is 17.9 Å². The van der Waals surface area contributed by atoms with E-state index in [-0.39, 0.29) is 0 Å². The van der Waals surface area contributed by atoms with E-state index in [0.29, 0.717) is 17.3 Å². The summed E-state index contributed by atoms with van der Waals surface area (Å²) < 4.78 is 60.4. The van der Waals surface area contributed by atoms with Crippen LogP contribution in [0.3, 0.4) is 0 Å². The van der Waals surface area contributed by atoms with Gasteiger partial charge in [-0.05, 0) is 6.42 Å². The molecule has 0 aliphatic rings. The van der Waals surface area contributed by atoms with Gasteiger partial charge in [-0.15, -0.1) is 5.10 Å². The second-order valence-corrected chi connectivity index (χ2v) is 6.63. The van der Waals surface area contributed by atoms with Gasteiger partial charge in [0.05, 0.1) is 6.20 Å². The van der Waals surface area contributed by atoms with Gasteiger partial charge in [0.15, 0.2) is 5.03 Å². The van der Waals surface area contributed by atoms with Crippen LogP contribution in [-0.2, 0) is 9.84 Å². The Morgan fingerprint density at radius 2 is 1.82 bits per heavy atom. The first-order valence-electron chi connectivity index (χ1n) is 7.01. The van der Waals surface area contributed by atoms with Crippen LogP contribution in [0.25, 0.3) is 0 Å². The Labute approximate surface area is 127 Å². The van der Waals surface area contributed by atoms with Crippen LogP contribution in [0.4, 0.5) is 13.2 Å². The molecule has 0 aliphatic carbocycles. The van der Waals surface area contributed by atoms with Crippen LogP contribution in [0.15, 0.2) is 11.2 Å². The van der Waals surface area contributed by atoms with Gasteiger partial charge in [0, 0.05) is 12.5 Å². The quantitative estimate of drug-likeness (QED) is 0.566. The van der Waals surface area contributed by atoms with Gasteiger partial charge < -0.3 is 0 Å². The molecular weight excluding hydrogens is 319 g/mol. The second kappa shape index (κ2) is 8.17. The number of rotatable bonds is 7. The molecule has 0 atom stereocenters. The molecule has 1 aromatic heterocycles. The largest absolute Gasteiger partial charge is 0.503 e. The van der Waals surface area contributed by atoms with Crippen molar-refractivity contribution in [2.45, 2.75) is 62.4 Å². The highest BCUT2D eigenvalue weighted by molar-refractivity contribution is 7.92. The van der Waals surface area contributed by atoms with Crippen LogP contribution in [0.2, 0.25) is 0 Å². The fraction of sp³-hybridized carbons (Fsp3) is 0.692. The smallest absolute Gasteiger partial charge is 0.213 e. The normalized spacial score (nSPS) is 12.0. The molecule has 124 valence electrons. The maximum Gasteiger partial charge on any atom is 0.503 e. The van der Waals surface area contributed by atoms with Gasteiger partial charge in [0.2, 0.25) is 0 Å². The molecule has 0 N–H and O–H groups in total. The predicted octanol–water partition coefficient (Wildman–Crippen LogP) is 3.13. The third-order valence-electron chi connectivity index (χ3n) is 2.94. The van der Waals surface area contributed by atoms with Gasteiger partial charge in [0.1, 0.15) is 0 Å². The first-order chi connectivity index (χ1) is 10.3. The van der Waals surface area contributed by atoms with E-state index in [1.54, 1.807) is 0 Å². The minimum absolute atomic E-state index is 0.458. The number of hydrogen-bond acceptors (Lipinski definition) is 4. The molecule has 0 radical (unpaired) electrons. The summed E-state index contributed by atoms with van der Waals surface area (Å²) in [7, 11) is -5.49. The van der Waals surface area contributed by atoms with Gasteiger partial charge >= 0.3 is 5.51 Å². The Balaban J connectivity index is 2.60. The fourth-order valence-corrected chi connectivity index (χ4v) is 2.46. The third kappa shape index (κ3) is 5.02. The Bertz CT molecular complexity index is 627. The van der Waals surface area contributed by atoms with Crippen molar-refractivity contribution < 1.29 is 21.6 Å². The van der Waals surface area contributed by atoms with E-state index >= 15 is 0 Å². The molecule has 1 aromatic rings. The number of sulfone groups is 1. The molecule has 0 saturated carbocycles. The number of aromatic nitrogens is 3. The van der Waals surface area contributed by atoms with Gasteiger partial charge in [0.25, 0.3) is 9.84 Å². The molecule has 0 saturated heterocycles. The average Bonchev–Trinajstić information content (AvgIpc) is 2.89. The van der Waals surface area contributed by atoms with Crippen LogP contribution in [0.1, 0.15) is 51.9 Å². The van der Waals surface area contributed by atoms with Crippen molar-refractivity contribution in [2.75, 3.05) is 0 Å². The van der Waals surface area contributed by atoms with Crippen molar-refractivity contribution >= 4 is 9.84 Å². The molecule has 5 nitrogen and oxygen atoms in total. The highest BCUT2D eigenvalue weighted by Gasteiger charge is 2.49. The van der Waals surface area contributed by atoms with Crippen molar-refractivity contribution in [3.63, 3.8) is 0 Å². The number of nitrogens with zero attached hydrogens (tertiary/aromatic N) is 3. The van der Waals surface area contributed by atoms with Crippen LogP contribution in [0.5, 0.6) is 0 Å². The lowest BCUT2D eigenvalue weighted by Crippen LogP contribution is -2.25. The summed E-state index contributed by atoms with van der Waals surface area (Å²) in [5.41, 5.74) is -5.40. The lowest BCUT2D eigenvalue weighted by atomic mass is 10.1. The lowest BCUT2D eigenvalue weighted by Gasteiger charge is -2.05. The topological polar surface area (TPSA) is 64.8 Å². The van der Waals surface area contributed by atoms with E-state index in [1.165, 1.54) is 6.42 Å². The maximum atomic E-state index is 12.5. The molecule has 1 rings (SSSR count). The van der Waals surface area contributed by atoms with Crippen molar-refractivity contribution in [3.8, 4) is 12.0 Å². The van der Waals surface area contributed by atoms with E-state index in [0.717, 1.165) is 32.1 Å². The van der Waals surface area contributed by atoms with E-state index in [4.69, 9.17) is 0 Å². The number of unbranched alkanes of at least 4 members (excludes halogenated alkanes) is 6. The number of halogens is 3. The summed E-state index contributed by atoms with van der Waals surface area (Å²) in [4.78, 5) is 0. The zero-order valence-corrected chi connectivity index (χ0v) is 13.0. The molecule has 22 heavy (non-hydrogen) atoms. The molecule has 0 spiro atoms. The molecule has 0 aliphatic heterocycles. The van der Waals surface area contributed by atoms with E-state index < -0.39 is 20.4 Å². The van der Waals surface area contributed by atoms with E-state index in [2.05, 4.69) is 29.2 Å². The van der Waals surface area contributed by atoms with Crippen molar-refractivity contribution in [1.29, 1.82) is 0 Å². The minimum Gasteiger partial charge on any atom is -0.213 e. The molecule has 9 heteroatoms. The Morgan fingerprint density at radius 1 is 1.18 bits per heavy atom. The highest BCUT2D eigenvalue weighted by Crippen LogP contribution is 2.29. The summed E-state index contributed by atoms with van der Waals surface area (Å²) in [5.74, 6) is 2.62. The maximum absolute atomic E-state index is 12.5. The summed E-state index contributed by atoms with van der Waals surface area (Å²) >= 11 is 0. The summed E-state index contributed by atoms with van der Waals surface area (Å²) in [6, 6.07) is 2.29. The van der Waals surface area contributed by atoms with E-state index in [1.807, 2.05) is 0 Å². The molecule has 0 fully saturated rings. The molecular formula is C13H18F3N3O2S. The second-order valence-electron chi connectivity index (χ2n) is 4.74. The lowest BCUT2D eigenvalue weighted by molar-refractivity contribution is -0.0439. The Kier molecular flexibility index (Phi) is 6.87. The molecule has 0 amide bonds. The third-order valence-corrected chi connectivity index (χ3v) is 4.38. The zero-order chi connectivity index (χ0) is 16.6. The minimum atomic E-state index is -5.49. The zero-order valence-electron chi connectivity index (χ0n) is 12.2. The SMILES string of the molecule is CCCCCCCCC#Cn1nncc1S(=O)(=O)C(F)(F)F. The van der Waals surface area contributed by atoms with Crippen molar-refractivity contribution in [3.05, 3.63) is 6.20 Å². The first kappa shape index (κ1) is 18.5. The molecule has 0 unspecified atom stereocenters. The van der Waals surface area contributed by atoms with Crippen LogP contribution in [-0.4, -0.2) is 28.9 Å².